The standard InChI is InChI=1S/C13H15FO2/c1-3-8(2)12-7-11(15)10-5-4-9(14)6-13(10)16-12/h4-6,8,12H,3,7H2,1-2H3. The Kier molecular flexibility index (Phi) is 2.95. The highest BCUT2D eigenvalue weighted by atomic mass is 19.1. The zero-order valence-corrected chi connectivity index (χ0v) is 9.50. The first-order valence-electron chi connectivity index (χ1n) is 5.61. The fourth-order valence-corrected chi connectivity index (χ4v) is 1.90. The molecule has 2 atom stereocenters. The second-order valence-electron chi connectivity index (χ2n) is 4.31. The summed E-state index contributed by atoms with van der Waals surface area (Å²) < 4.78 is 18.7. The summed E-state index contributed by atoms with van der Waals surface area (Å²) in [6, 6.07) is 4.09. The zero-order chi connectivity index (χ0) is 11.7. The molecule has 0 bridgehead atoms. The Morgan fingerprint density at radius 1 is 1.56 bits per heavy atom. The number of benzene rings is 1. The van der Waals surface area contributed by atoms with Crippen LogP contribution in [0.4, 0.5) is 4.39 Å². The Morgan fingerprint density at radius 2 is 2.31 bits per heavy atom. The van der Waals surface area contributed by atoms with E-state index in [0.717, 1.165) is 6.42 Å². The normalized spacial score (nSPS) is 21.2. The molecule has 0 aromatic heterocycles. The molecule has 1 aliphatic rings. The minimum atomic E-state index is -0.364. The van der Waals surface area contributed by atoms with Crippen LogP contribution in [0.15, 0.2) is 18.2 Å². The molecule has 1 aromatic rings. The Labute approximate surface area is 94.4 Å². The molecule has 2 unspecified atom stereocenters. The van der Waals surface area contributed by atoms with Crippen molar-refractivity contribution in [2.75, 3.05) is 0 Å². The first-order chi connectivity index (χ1) is 7.61. The number of halogens is 1. The van der Waals surface area contributed by atoms with E-state index in [1.807, 2.05) is 6.92 Å². The molecule has 0 saturated carbocycles. The molecule has 2 rings (SSSR count). The summed E-state index contributed by atoms with van der Waals surface area (Å²) in [6.45, 7) is 4.10. The van der Waals surface area contributed by atoms with Crippen LogP contribution in [-0.4, -0.2) is 11.9 Å². The van der Waals surface area contributed by atoms with E-state index in [1.165, 1.54) is 18.2 Å². The molecule has 0 fully saturated rings. The van der Waals surface area contributed by atoms with Gasteiger partial charge in [-0.25, -0.2) is 4.39 Å². The molecule has 1 aromatic carbocycles. The minimum Gasteiger partial charge on any atom is -0.489 e. The maximum absolute atomic E-state index is 13.0. The van der Waals surface area contributed by atoms with Crippen LogP contribution in [0.5, 0.6) is 5.75 Å². The lowest BCUT2D eigenvalue weighted by atomic mass is 9.92. The average molecular weight is 222 g/mol. The van der Waals surface area contributed by atoms with Crippen molar-refractivity contribution in [3.8, 4) is 5.75 Å². The molecule has 2 nitrogen and oxygen atoms in total. The van der Waals surface area contributed by atoms with Gasteiger partial charge in [-0.05, 0) is 18.1 Å². The van der Waals surface area contributed by atoms with Crippen LogP contribution in [0.25, 0.3) is 0 Å². The summed E-state index contributed by atoms with van der Waals surface area (Å²) in [5.74, 6) is 0.379. The lowest BCUT2D eigenvalue weighted by molar-refractivity contribution is 0.0746. The third-order valence-electron chi connectivity index (χ3n) is 3.19. The quantitative estimate of drug-likeness (QED) is 0.768. The van der Waals surface area contributed by atoms with Gasteiger partial charge in [0.25, 0.3) is 0 Å². The van der Waals surface area contributed by atoms with Gasteiger partial charge in [-0.15, -0.1) is 0 Å². The van der Waals surface area contributed by atoms with E-state index >= 15 is 0 Å². The van der Waals surface area contributed by atoms with Crippen LogP contribution in [-0.2, 0) is 0 Å². The van der Waals surface area contributed by atoms with Gasteiger partial charge in [-0.1, -0.05) is 20.3 Å². The van der Waals surface area contributed by atoms with E-state index < -0.39 is 0 Å². The summed E-state index contributed by atoms with van der Waals surface area (Å²) in [7, 11) is 0. The van der Waals surface area contributed by atoms with E-state index in [4.69, 9.17) is 4.74 Å². The Morgan fingerprint density at radius 3 is 3.00 bits per heavy atom. The van der Waals surface area contributed by atoms with Gasteiger partial charge in [0.1, 0.15) is 17.7 Å². The molecule has 3 heteroatoms. The van der Waals surface area contributed by atoms with Gasteiger partial charge in [0.05, 0.1) is 5.56 Å². The number of rotatable bonds is 2. The van der Waals surface area contributed by atoms with Gasteiger partial charge < -0.3 is 4.74 Å². The molecule has 1 aliphatic heterocycles. The number of Topliss-reactive ketones (excluding diaryl/α,β-unsaturated/α-hetero) is 1. The lowest BCUT2D eigenvalue weighted by Crippen LogP contribution is -2.32. The third kappa shape index (κ3) is 1.94. The highest BCUT2D eigenvalue weighted by molar-refractivity contribution is 5.99. The Hall–Kier alpha value is -1.38. The van der Waals surface area contributed by atoms with Gasteiger partial charge in [-0.3, -0.25) is 4.79 Å². The smallest absolute Gasteiger partial charge is 0.170 e. The van der Waals surface area contributed by atoms with E-state index in [9.17, 15) is 9.18 Å². The zero-order valence-electron chi connectivity index (χ0n) is 9.50. The summed E-state index contributed by atoms with van der Waals surface area (Å²) in [5.41, 5.74) is 0.501. The van der Waals surface area contributed by atoms with Gasteiger partial charge in [0.2, 0.25) is 0 Å². The third-order valence-corrected chi connectivity index (χ3v) is 3.19. The van der Waals surface area contributed by atoms with Gasteiger partial charge in [0, 0.05) is 12.5 Å². The first-order valence-corrected chi connectivity index (χ1v) is 5.61. The average Bonchev–Trinajstić information content (AvgIpc) is 2.27. The van der Waals surface area contributed by atoms with Crippen molar-refractivity contribution in [1.29, 1.82) is 0 Å². The van der Waals surface area contributed by atoms with Crippen molar-refractivity contribution >= 4 is 5.78 Å². The van der Waals surface area contributed by atoms with Crippen LogP contribution >= 0.6 is 0 Å². The van der Waals surface area contributed by atoms with Gasteiger partial charge in [-0.2, -0.15) is 0 Å². The highest BCUT2D eigenvalue weighted by Gasteiger charge is 2.29. The topological polar surface area (TPSA) is 26.3 Å². The lowest BCUT2D eigenvalue weighted by Gasteiger charge is -2.29. The second kappa shape index (κ2) is 4.24. The predicted molar refractivity (Wildman–Crippen MR) is 59.2 cm³/mol. The highest BCUT2D eigenvalue weighted by Crippen LogP contribution is 2.31. The Bertz CT molecular complexity index is 414. The Balaban J connectivity index is 2.31. The van der Waals surface area contributed by atoms with Crippen LogP contribution in [0, 0.1) is 11.7 Å². The predicted octanol–water partition coefficient (Wildman–Crippen LogP) is 3.21. The summed E-state index contributed by atoms with van der Waals surface area (Å²) >= 11 is 0. The molecule has 86 valence electrons. The number of ketones is 1. The van der Waals surface area contributed by atoms with Crippen molar-refractivity contribution in [2.24, 2.45) is 5.92 Å². The van der Waals surface area contributed by atoms with Crippen molar-refractivity contribution in [3.63, 3.8) is 0 Å². The summed E-state index contributed by atoms with van der Waals surface area (Å²) in [4.78, 5) is 11.8. The largest absolute Gasteiger partial charge is 0.489 e. The number of hydrogen-bond donors (Lipinski definition) is 0. The molecule has 0 saturated heterocycles. The van der Waals surface area contributed by atoms with Crippen molar-refractivity contribution in [2.45, 2.75) is 32.8 Å². The summed E-state index contributed by atoms with van der Waals surface area (Å²) in [5, 5.41) is 0. The molecule has 0 amide bonds. The molecular formula is C13H15FO2. The van der Waals surface area contributed by atoms with Crippen LogP contribution in [0.3, 0.4) is 0 Å². The molecule has 0 N–H and O–H groups in total. The number of ether oxygens (including phenoxy) is 1. The van der Waals surface area contributed by atoms with E-state index in [0.29, 0.717) is 23.7 Å². The molecule has 0 spiro atoms. The number of fused-ring (bicyclic) bond motifs is 1. The number of carbonyl (C=O) groups excluding carboxylic acids is 1. The molecule has 0 aliphatic carbocycles. The number of hydrogen-bond acceptors (Lipinski definition) is 2. The van der Waals surface area contributed by atoms with Gasteiger partial charge >= 0.3 is 0 Å². The fraction of sp³-hybridized carbons (Fsp3) is 0.462. The maximum Gasteiger partial charge on any atom is 0.170 e. The van der Waals surface area contributed by atoms with Crippen molar-refractivity contribution in [1.82, 2.24) is 0 Å². The molecular weight excluding hydrogens is 207 g/mol. The molecule has 0 radical (unpaired) electrons. The SMILES string of the molecule is CCC(C)C1CC(=O)c2ccc(F)cc2O1. The summed E-state index contributed by atoms with van der Waals surface area (Å²) in [6.07, 6.45) is 1.22. The second-order valence-corrected chi connectivity index (χ2v) is 4.31. The van der Waals surface area contributed by atoms with Gasteiger partial charge in [0.15, 0.2) is 5.78 Å². The van der Waals surface area contributed by atoms with Crippen LogP contribution in [0.2, 0.25) is 0 Å². The van der Waals surface area contributed by atoms with Crippen LogP contribution in [0.1, 0.15) is 37.0 Å². The fourth-order valence-electron chi connectivity index (χ4n) is 1.90. The maximum atomic E-state index is 13.0. The van der Waals surface area contributed by atoms with Crippen molar-refractivity contribution in [3.05, 3.63) is 29.6 Å². The van der Waals surface area contributed by atoms with E-state index in [2.05, 4.69) is 6.92 Å². The molecule has 1 heterocycles. The monoisotopic (exact) mass is 222 g/mol. The van der Waals surface area contributed by atoms with Crippen LogP contribution < -0.4 is 4.74 Å². The van der Waals surface area contributed by atoms with E-state index in [1.54, 1.807) is 0 Å². The molecule has 16 heavy (non-hydrogen) atoms. The van der Waals surface area contributed by atoms with E-state index in [-0.39, 0.29) is 17.7 Å². The number of carbonyl (C=O) groups is 1. The minimum absolute atomic E-state index is 0.0477. The first kappa shape index (κ1) is 11.1. The van der Waals surface area contributed by atoms with Crippen molar-refractivity contribution < 1.29 is 13.9 Å².